The van der Waals surface area contributed by atoms with Gasteiger partial charge in [0.05, 0.1) is 11.9 Å². The fourth-order valence-electron chi connectivity index (χ4n) is 3.23. The van der Waals surface area contributed by atoms with E-state index in [1.807, 2.05) is 6.07 Å². The van der Waals surface area contributed by atoms with Crippen LogP contribution in [0.2, 0.25) is 0 Å². The van der Waals surface area contributed by atoms with E-state index in [4.69, 9.17) is 15.2 Å². The van der Waals surface area contributed by atoms with E-state index in [1.165, 1.54) is 12.1 Å². The van der Waals surface area contributed by atoms with Gasteiger partial charge in [-0.2, -0.15) is 0 Å². The van der Waals surface area contributed by atoms with Crippen LogP contribution < -0.4 is 36.5 Å². The summed E-state index contributed by atoms with van der Waals surface area (Å²) < 4.78 is 23.6. The van der Waals surface area contributed by atoms with Gasteiger partial charge in [-0.1, -0.05) is 6.07 Å². The zero-order valence-corrected chi connectivity index (χ0v) is 18.1. The molecule has 10 nitrogen and oxygen atoms in total. The molecule has 1 fully saturated rings. The van der Waals surface area contributed by atoms with E-state index < -0.39 is 35.3 Å². The quantitative estimate of drug-likeness (QED) is 0.376. The number of nitrogens with two attached hydrogens (primary N) is 1. The maximum absolute atomic E-state index is 13.0. The number of hydrogen-bond acceptors (Lipinski definition) is 8. The first-order valence-electron chi connectivity index (χ1n) is 10.0. The number of amides is 3. The second-order valence-corrected chi connectivity index (χ2v) is 8.41. The van der Waals surface area contributed by atoms with Crippen molar-refractivity contribution >= 4 is 29.5 Å². The molecule has 0 aliphatic carbocycles. The van der Waals surface area contributed by atoms with Gasteiger partial charge < -0.3 is 31.2 Å². The highest BCUT2D eigenvalue weighted by Crippen LogP contribution is 2.32. The second-order valence-electron chi connectivity index (χ2n) is 7.31. The molecule has 2 heterocycles. The van der Waals surface area contributed by atoms with Gasteiger partial charge >= 0.3 is 0 Å². The summed E-state index contributed by atoms with van der Waals surface area (Å²) in [6.07, 6.45) is -0.877. The second kappa shape index (κ2) is 10.1. The molecule has 0 spiro atoms. The summed E-state index contributed by atoms with van der Waals surface area (Å²) in [4.78, 5) is 36.9. The number of carbonyl (C=O) groups excluding carboxylic acids is 3. The van der Waals surface area contributed by atoms with Crippen LogP contribution in [0.4, 0.5) is 4.39 Å². The Labute approximate surface area is 192 Å². The number of halogens is 1. The van der Waals surface area contributed by atoms with Crippen molar-refractivity contribution in [1.29, 1.82) is 0 Å². The SMILES string of the molecule is NC1NC(SCC(=O)NCc2ccc3c(c2)OCO3)NC(=O)C1NC(=O)c1ccc(F)cc1. The molecular weight excluding hydrogens is 453 g/mol. The lowest BCUT2D eigenvalue weighted by atomic mass is 10.1. The van der Waals surface area contributed by atoms with E-state index in [0.29, 0.717) is 18.0 Å². The van der Waals surface area contributed by atoms with Gasteiger partial charge in [-0.3, -0.25) is 19.7 Å². The molecule has 4 rings (SSSR count). The van der Waals surface area contributed by atoms with Crippen molar-refractivity contribution in [3.63, 3.8) is 0 Å². The predicted octanol–water partition coefficient (Wildman–Crippen LogP) is -0.00980. The highest BCUT2D eigenvalue weighted by atomic mass is 32.2. The Bertz CT molecular complexity index is 1050. The largest absolute Gasteiger partial charge is 0.454 e. The summed E-state index contributed by atoms with van der Waals surface area (Å²) in [5, 5.41) is 10.9. The number of carbonyl (C=O) groups is 3. The number of thioether (sulfide) groups is 1. The van der Waals surface area contributed by atoms with Crippen LogP contribution in [0.3, 0.4) is 0 Å². The van der Waals surface area contributed by atoms with Gasteiger partial charge in [0.25, 0.3) is 5.91 Å². The van der Waals surface area contributed by atoms with E-state index in [1.54, 1.807) is 12.1 Å². The molecule has 33 heavy (non-hydrogen) atoms. The molecule has 0 radical (unpaired) electrons. The molecule has 2 aromatic carbocycles. The summed E-state index contributed by atoms with van der Waals surface area (Å²) in [6, 6.07) is 9.32. The van der Waals surface area contributed by atoms with Crippen molar-refractivity contribution in [3.05, 3.63) is 59.4 Å². The lowest BCUT2D eigenvalue weighted by Gasteiger charge is -2.35. The van der Waals surface area contributed by atoms with E-state index in [-0.39, 0.29) is 24.0 Å². The first-order chi connectivity index (χ1) is 15.9. The zero-order chi connectivity index (χ0) is 23.4. The predicted molar refractivity (Wildman–Crippen MR) is 118 cm³/mol. The molecule has 0 saturated carbocycles. The summed E-state index contributed by atoms with van der Waals surface area (Å²) in [5.41, 5.74) is 6.47. The third-order valence-corrected chi connectivity index (χ3v) is 5.98. The van der Waals surface area contributed by atoms with Crippen LogP contribution in [0.25, 0.3) is 0 Å². The van der Waals surface area contributed by atoms with Crippen molar-refractivity contribution in [1.82, 2.24) is 21.3 Å². The summed E-state index contributed by atoms with van der Waals surface area (Å²) in [6.45, 7) is 0.498. The van der Waals surface area contributed by atoms with Gasteiger partial charge in [-0.15, -0.1) is 11.8 Å². The van der Waals surface area contributed by atoms with Crippen LogP contribution in [-0.2, 0) is 16.1 Å². The minimum Gasteiger partial charge on any atom is -0.454 e. The van der Waals surface area contributed by atoms with Crippen molar-refractivity contribution in [2.24, 2.45) is 5.73 Å². The van der Waals surface area contributed by atoms with Crippen LogP contribution in [0.5, 0.6) is 11.5 Å². The normalized spacial score (nSPS) is 21.3. The maximum Gasteiger partial charge on any atom is 0.252 e. The Balaban J connectivity index is 1.21. The molecule has 2 aliphatic heterocycles. The first kappa shape index (κ1) is 22.8. The molecule has 1 saturated heterocycles. The highest BCUT2D eigenvalue weighted by Gasteiger charge is 2.35. The molecule has 0 bridgehead atoms. The molecule has 6 N–H and O–H groups in total. The van der Waals surface area contributed by atoms with E-state index >= 15 is 0 Å². The van der Waals surface area contributed by atoms with Gasteiger partial charge in [0.15, 0.2) is 11.5 Å². The van der Waals surface area contributed by atoms with Crippen molar-refractivity contribution in [2.75, 3.05) is 12.5 Å². The number of rotatable bonds is 7. The van der Waals surface area contributed by atoms with E-state index in [9.17, 15) is 18.8 Å². The molecular formula is C21H22FN5O5S. The van der Waals surface area contributed by atoms with Crippen molar-refractivity contribution in [2.45, 2.75) is 24.3 Å². The van der Waals surface area contributed by atoms with E-state index in [2.05, 4.69) is 21.3 Å². The maximum atomic E-state index is 13.0. The Morgan fingerprint density at radius 2 is 1.91 bits per heavy atom. The van der Waals surface area contributed by atoms with Gasteiger partial charge in [0, 0.05) is 12.1 Å². The van der Waals surface area contributed by atoms with Gasteiger partial charge in [0.2, 0.25) is 18.6 Å². The standard InChI is InChI=1S/C21H22FN5O5S/c22-13-4-2-12(3-5-13)19(29)25-17-18(23)26-21(27-20(17)30)33-9-16(28)24-8-11-1-6-14-15(7-11)32-10-31-14/h1-7,17-18,21,26H,8-10,23H2,(H,24,28)(H,25,29)(H,27,30). The molecule has 174 valence electrons. The third-order valence-electron chi connectivity index (χ3n) is 4.96. The van der Waals surface area contributed by atoms with Crippen LogP contribution in [0.15, 0.2) is 42.5 Å². The lowest BCUT2D eigenvalue weighted by Crippen LogP contribution is -2.70. The molecule has 12 heteroatoms. The monoisotopic (exact) mass is 475 g/mol. The van der Waals surface area contributed by atoms with Crippen LogP contribution in [0, 0.1) is 5.82 Å². The Morgan fingerprint density at radius 3 is 2.67 bits per heavy atom. The van der Waals surface area contributed by atoms with Crippen LogP contribution >= 0.6 is 11.8 Å². The van der Waals surface area contributed by atoms with Gasteiger partial charge in [-0.25, -0.2) is 4.39 Å². The number of hydrogen-bond donors (Lipinski definition) is 5. The van der Waals surface area contributed by atoms with E-state index in [0.717, 1.165) is 29.5 Å². The third kappa shape index (κ3) is 5.72. The van der Waals surface area contributed by atoms with Crippen LogP contribution in [-0.4, -0.2) is 48.0 Å². The number of ether oxygens (including phenoxy) is 2. The molecule has 3 amide bonds. The van der Waals surface area contributed by atoms with Gasteiger partial charge in [0.1, 0.15) is 17.4 Å². The average molecular weight is 476 g/mol. The molecule has 2 aliphatic rings. The molecule has 0 aromatic heterocycles. The summed E-state index contributed by atoms with van der Waals surface area (Å²) >= 11 is 1.15. The van der Waals surface area contributed by atoms with Gasteiger partial charge in [-0.05, 0) is 42.0 Å². The topological polar surface area (TPSA) is 144 Å². The lowest BCUT2D eigenvalue weighted by molar-refractivity contribution is -0.126. The number of nitrogens with one attached hydrogen (secondary N) is 4. The Hall–Kier alpha value is -3.35. The van der Waals surface area contributed by atoms with Crippen molar-refractivity contribution < 1.29 is 28.2 Å². The smallest absolute Gasteiger partial charge is 0.252 e. The fourth-order valence-corrected chi connectivity index (χ4v) is 4.10. The summed E-state index contributed by atoms with van der Waals surface area (Å²) in [7, 11) is 0. The Kier molecular flexibility index (Phi) is 6.96. The highest BCUT2D eigenvalue weighted by molar-refractivity contribution is 8.00. The first-order valence-corrected chi connectivity index (χ1v) is 11.1. The number of fused-ring (bicyclic) bond motifs is 1. The minimum absolute atomic E-state index is 0.0713. The Morgan fingerprint density at radius 1 is 1.15 bits per heavy atom. The average Bonchev–Trinajstić information content (AvgIpc) is 3.27. The molecule has 3 unspecified atom stereocenters. The summed E-state index contributed by atoms with van der Waals surface area (Å²) in [5.74, 6) is -0.365. The minimum atomic E-state index is -1.03. The zero-order valence-electron chi connectivity index (χ0n) is 17.3. The van der Waals surface area contributed by atoms with Crippen LogP contribution in [0.1, 0.15) is 15.9 Å². The molecule has 3 atom stereocenters. The van der Waals surface area contributed by atoms with Crippen molar-refractivity contribution in [3.8, 4) is 11.5 Å². The molecule has 2 aromatic rings. The fraction of sp³-hybridized carbons (Fsp3) is 0.286. The number of benzene rings is 2.